The molecule has 2 fully saturated rings. The van der Waals surface area contributed by atoms with E-state index in [0.29, 0.717) is 12.5 Å². The van der Waals surface area contributed by atoms with E-state index in [9.17, 15) is 4.79 Å². The fraction of sp³-hybridized carbons (Fsp3) is 0.609. The quantitative estimate of drug-likeness (QED) is 0.632. The summed E-state index contributed by atoms with van der Waals surface area (Å²) in [4.78, 5) is 12.6. The van der Waals surface area contributed by atoms with Crippen LogP contribution in [0.3, 0.4) is 0 Å². The van der Waals surface area contributed by atoms with Gasteiger partial charge < -0.3 is 10.1 Å². The van der Waals surface area contributed by atoms with Gasteiger partial charge >= 0.3 is 5.97 Å². The van der Waals surface area contributed by atoms with Gasteiger partial charge in [-0.2, -0.15) is 0 Å². The molecule has 3 heteroatoms. The second kappa shape index (κ2) is 6.84. The second-order valence-corrected chi connectivity index (χ2v) is 8.88. The number of esters is 1. The molecule has 1 aromatic carbocycles. The van der Waals surface area contributed by atoms with Crippen molar-refractivity contribution in [2.45, 2.75) is 58.6 Å². The van der Waals surface area contributed by atoms with Gasteiger partial charge in [0.05, 0.1) is 5.92 Å². The molecule has 1 saturated carbocycles. The molecule has 6 unspecified atom stereocenters. The first-order chi connectivity index (χ1) is 12.5. The third-order valence-electron chi connectivity index (χ3n) is 7.02. The van der Waals surface area contributed by atoms with E-state index in [4.69, 9.17) is 4.74 Å². The fourth-order valence-electron chi connectivity index (χ4n) is 5.45. The molecule has 6 atom stereocenters. The topological polar surface area (TPSA) is 38.3 Å². The van der Waals surface area contributed by atoms with Crippen molar-refractivity contribution < 1.29 is 9.53 Å². The fourth-order valence-corrected chi connectivity index (χ4v) is 5.45. The lowest BCUT2D eigenvalue weighted by molar-refractivity contribution is -0.145. The maximum absolute atomic E-state index is 12.6. The SMILES string of the molecule is CC1CCCC2(C)CC3OC(=O)C(CNC(C)c4ccccc4)C3C=C12. The maximum atomic E-state index is 12.6. The zero-order chi connectivity index (χ0) is 18.3. The Morgan fingerprint density at radius 3 is 2.85 bits per heavy atom. The normalized spacial score (nSPS) is 37.3. The van der Waals surface area contributed by atoms with Crippen molar-refractivity contribution in [1.82, 2.24) is 5.32 Å². The number of carbonyl (C=O) groups is 1. The summed E-state index contributed by atoms with van der Waals surface area (Å²) in [6.07, 6.45) is 7.31. The van der Waals surface area contributed by atoms with Gasteiger partial charge in [-0.1, -0.05) is 62.2 Å². The molecule has 4 rings (SSSR count). The van der Waals surface area contributed by atoms with Gasteiger partial charge in [0, 0.05) is 18.5 Å². The standard InChI is InChI=1S/C23H31NO2/c1-15-8-7-11-23(3)13-21-18(12-20(15)23)19(22(25)26-21)14-24-16(2)17-9-5-4-6-10-17/h4-6,9-10,12,15-16,18-19,21,24H,7-8,11,13-14H2,1-3H3. The van der Waals surface area contributed by atoms with Gasteiger partial charge in [0.2, 0.25) is 0 Å². The van der Waals surface area contributed by atoms with Crippen LogP contribution >= 0.6 is 0 Å². The first kappa shape index (κ1) is 17.8. The molecule has 3 nitrogen and oxygen atoms in total. The summed E-state index contributed by atoms with van der Waals surface area (Å²) in [5.74, 6) is 0.806. The number of nitrogens with one attached hydrogen (secondary N) is 1. The lowest BCUT2D eigenvalue weighted by atomic mass is 9.59. The number of rotatable bonds is 4. The molecule has 1 aliphatic heterocycles. The molecule has 1 aromatic rings. The molecule has 1 saturated heterocycles. The predicted molar refractivity (Wildman–Crippen MR) is 104 cm³/mol. The van der Waals surface area contributed by atoms with Gasteiger partial charge in [0.15, 0.2) is 0 Å². The van der Waals surface area contributed by atoms with Crippen molar-refractivity contribution in [3.05, 3.63) is 47.5 Å². The van der Waals surface area contributed by atoms with Crippen LogP contribution in [0, 0.1) is 23.2 Å². The van der Waals surface area contributed by atoms with E-state index < -0.39 is 0 Å². The zero-order valence-corrected chi connectivity index (χ0v) is 16.2. The number of carbonyl (C=O) groups excluding carboxylic acids is 1. The Hall–Kier alpha value is -1.61. The van der Waals surface area contributed by atoms with Gasteiger partial charge in [0.1, 0.15) is 6.10 Å². The minimum atomic E-state index is -0.0580. The molecule has 0 aromatic heterocycles. The first-order valence-corrected chi connectivity index (χ1v) is 10.2. The maximum Gasteiger partial charge on any atom is 0.311 e. The molecule has 26 heavy (non-hydrogen) atoms. The Morgan fingerprint density at radius 1 is 1.31 bits per heavy atom. The van der Waals surface area contributed by atoms with Gasteiger partial charge in [-0.3, -0.25) is 4.79 Å². The van der Waals surface area contributed by atoms with Crippen molar-refractivity contribution in [3.63, 3.8) is 0 Å². The third-order valence-corrected chi connectivity index (χ3v) is 7.02. The largest absolute Gasteiger partial charge is 0.461 e. The van der Waals surface area contributed by atoms with E-state index >= 15 is 0 Å². The zero-order valence-electron chi connectivity index (χ0n) is 16.2. The Bertz CT molecular complexity index is 697. The van der Waals surface area contributed by atoms with Gasteiger partial charge in [-0.25, -0.2) is 0 Å². The molecule has 3 aliphatic rings. The lowest BCUT2D eigenvalue weighted by Crippen LogP contribution is -2.40. The average molecular weight is 354 g/mol. The Balaban J connectivity index is 1.50. The van der Waals surface area contributed by atoms with Crippen molar-refractivity contribution in [1.29, 1.82) is 0 Å². The molecular formula is C23H31NO2. The van der Waals surface area contributed by atoms with Crippen LogP contribution in [0.1, 0.15) is 58.1 Å². The smallest absolute Gasteiger partial charge is 0.311 e. The van der Waals surface area contributed by atoms with Crippen LogP contribution in [0.5, 0.6) is 0 Å². The Morgan fingerprint density at radius 2 is 2.08 bits per heavy atom. The van der Waals surface area contributed by atoms with Crippen LogP contribution in [0.4, 0.5) is 0 Å². The van der Waals surface area contributed by atoms with Crippen molar-refractivity contribution in [2.24, 2.45) is 23.2 Å². The summed E-state index contributed by atoms with van der Waals surface area (Å²) in [6, 6.07) is 10.6. The van der Waals surface area contributed by atoms with Crippen LogP contribution in [-0.2, 0) is 9.53 Å². The predicted octanol–water partition coefficient (Wildman–Crippen LogP) is 4.65. The number of benzene rings is 1. The third kappa shape index (κ3) is 3.11. The number of fused-ring (bicyclic) bond motifs is 2. The van der Waals surface area contributed by atoms with Crippen molar-refractivity contribution in [3.8, 4) is 0 Å². The minimum absolute atomic E-state index is 0.0143. The minimum Gasteiger partial charge on any atom is -0.461 e. The number of hydrogen-bond donors (Lipinski definition) is 1. The van der Waals surface area contributed by atoms with Crippen molar-refractivity contribution >= 4 is 5.97 Å². The Labute approximate surface area is 157 Å². The molecule has 140 valence electrons. The highest BCUT2D eigenvalue weighted by Gasteiger charge is 2.51. The lowest BCUT2D eigenvalue weighted by Gasteiger charge is -2.46. The van der Waals surface area contributed by atoms with Crippen LogP contribution in [0.15, 0.2) is 42.0 Å². The Kier molecular flexibility index (Phi) is 4.68. The summed E-state index contributed by atoms with van der Waals surface area (Å²) < 4.78 is 5.84. The van der Waals surface area contributed by atoms with E-state index in [-0.39, 0.29) is 35.4 Å². The van der Waals surface area contributed by atoms with E-state index in [1.54, 1.807) is 5.57 Å². The van der Waals surface area contributed by atoms with Crippen LogP contribution in [0.25, 0.3) is 0 Å². The van der Waals surface area contributed by atoms with Crippen molar-refractivity contribution in [2.75, 3.05) is 6.54 Å². The molecule has 1 N–H and O–H groups in total. The highest BCUT2D eigenvalue weighted by atomic mass is 16.6. The highest BCUT2D eigenvalue weighted by Crippen LogP contribution is 2.53. The molecular weight excluding hydrogens is 322 g/mol. The number of hydrogen-bond acceptors (Lipinski definition) is 3. The molecule has 0 amide bonds. The molecule has 0 radical (unpaired) electrons. The van der Waals surface area contributed by atoms with Gasteiger partial charge in [-0.15, -0.1) is 0 Å². The van der Waals surface area contributed by atoms with E-state index in [2.05, 4.69) is 56.4 Å². The summed E-state index contributed by atoms with van der Waals surface area (Å²) >= 11 is 0. The summed E-state index contributed by atoms with van der Waals surface area (Å²) in [5.41, 5.74) is 3.08. The summed E-state index contributed by atoms with van der Waals surface area (Å²) in [5, 5.41) is 3.57. The number of ether oxygens (including phenoxy) is 1. The molecule has 2 aliphatic carbocycles. The van der Waals surface area contributed by atoms with E-state index in [0.717, 1.165) is 6.42 Å². The average Bonchev–Trinajstić information content (AvgIpc) is 2.92. The number of allylic oxidation sites excluding steroid dienone is 1. The van der Waals surface area contributed by atoms with E-state index in [1.807, 2.05) is 6.07 Å². The summed E-state index contributed by atoms with van der Waals surface area (Å²) in [7, 11) is 0. The van der Waals surface area contributed by atoms with Gasteiger partial charge in [0.25, 0.3) is 0 Å². The van der Waals surface area contributed by atoms with Crippen LogP contribution in [0.2, 0.25) is 0 Å². The highest BCUT2D eigenvalue weighted by molar-refractivity contribution is 5.76. The molecule has 1 heterocycles. The van der Waals surface area contributed by atoms with Gasteiger partial charge in [-0.05, 0) is 43.1 Å². The van der Waals surface area contributed by atoms with E-state index in [1.165, 1.54) is 24.8 Å². The second-order valence-electron chi connectivity index (χ2n) is 8.88. The molecule has 0 spiro atoms. The molecule has 0 bridgehead atoms. The monoisotopic (exact) mass is 353 g/mol. The van der Waals surface area contributed by atoms with Crippen LogP contribution in [-0.4, -0.2) is 18.6 Å². The van der Waals surface area contributed by atoms with Crippen LogP contribution < -0.4 is 5.32 Å². The summed E-state index contributed by atoms with van der Waals surface area (Å²) in [6.45, 7) is 7.57. The first-order valence-electron chi connectivity index (χ1n) is 10.2.